The first-order chi connectivity index (χ1) is 29.2. The molecule has 0 saturated carbocycles. The lowest BCUT2D eigenvalue weighted by atomic mass is 9.89. The van der Waals surface area contributed by atoms with E-state index in [1.807, 2.05) is 31.2 Å². The van der Waals surface area contributed by atoms with Crippen LogP contribution in [0.2, 0.25) is 0 Å². The summed E-state index contributed by atoms with van der Waals surface area (Å²) in [6.45, 7) is 12.1. The Morgan fingerprint density at radius 3 is 1.81 bits per heavy atom. The molecule has 63 heavy (non-hydrogen) atoms. The van der Waals surface area contributed by atoms with Crippen LogP contribution >= 0.6 is 0 Å². The zero-order valence-corrected chi connectivity index (χ0v) is 37.6. The Balaban J connectivity index is 0.000000208. The maximum atomic E-state index is 12.9. The molecule has 1 aliphatic carbocycles. The Labute approximate surface area is 368 Å². The molecule has 330 valence electrons. The number of rotatable bonds is 9. The van der Waals surface area contributed by atoms with Crippen LogP contribution in [0.25, 0.3) is 65.7 Å². The summed E-state index contributed by atoms with van der Waals surface area (Å²) in [5, 5.41) is 5.34. The first kappa shape index (κ1) is 46.6. The van der Waals surface area contributed by atoms with Gasteiger partial charge in [0.1, 0.15) is 32.6 Å². The predicted molar refractivity (Wildman–Crippen MR) is 237 cm³/mol. The third-order valence-corrected chi connectivity index (χ3v) is 13.2. The predicted octanol–water partition coefficient (Wildman–Crippen LogP) is 3.34. The van der Waals surface area contributed by atoms with Gasteiger partial charge in [-0.1, -0.05) is 42.5 Å². The molecule has 0 amide bonds. The highest BCUT2D eigenvalue weighted by Crippen LogP contribution is 2.45. The minimum atomic E-state index is -4.93. The SMILES string of the molecule is CCNc1cc2oc3cc(=[NH+]CC)c(C)cc-3c(-c3ccccc3C(=O)OCC)c2cc1C.Nc1cc(S(=O)(=O)O)c2ccc3c(S(=O)(=O)O)cc(S(=O)(=O)O)c4ccc1c2c43.[Cl-]. The normalized spacial score (nSPS) is 12.5. The van der Waals surface area contributed by atoms with Crippen molar-refractivity contribution in [1.82, 2.24) is 0 Å². The van der Waals surface area contributed by atoms with Crippen LogP contribution in [-0.4, -0.2) is 64.6 Å². The fourth-order valence-electron chi connectivity index (χ4n) is 7.90. The molecule has 0 fully saturated rings. The number of hydrogen-bond acceptors (Lipinski definition) is 11. The van der Waals surface area contributed by atoms with E-state index in [0.29, 0.717) is 18.2 Å². The van der Waals surface area contributed by atoms with E-state index in [9.17, 15) is 43.7 Å². The topological polar surface area (TPSA) is 255 Å². The third kappa shape index (κ3) is 8.62. The lowest BCUT2D eigenvalue weighted by Gasteiger charge is -2.19. The summed E-state index contributed by atoms with van der Waals surface area (Å²) in [7, 11) is -14.6. The van der Waals surface area contributed by atoms with Gasteiger partial charge < -0.3 is 32.6 Å². The van der Waals surface area contributed by atoms with E-state index >= 15 is 0 Å². The van der Waals surface area contributed by atoms with Gasteiger partial charge in [0.05, 0.1) is 18.2 Å². The zero-order valence-electron chi connectivity index (χ0n) is 34.4. The highest BCUT2D eigenvalue weighted by Gasteiger charge is 2.28. The van der Waals surface area contributed by atoms with Gasteiger partial charge in [-0.2, -0.15) is 25.3 Å². The van der Waals surface area contributed by atoms with Crippen LogP contribution in [0.5, 0.6) is 0 Å². The fraction of sp³-hybridized carbons (Fsp3) is 0.182. The molecule has 0 saturated heterocycles. The summed E-state index contributed by atoms with van der Waals surface area (Å²) in [5.41, 5.74) is 13.2. The maximum Gasteiger partial charge on any atom is 0.338 e. The molecule has 0 radical (unpaired) electrons. The Kier molecular flexibility index (Phi) is 12.9. The molecule has 6 aromatic carbocycles. The maximum absolute atomic E-state index is 12.9. The number of benzene rings is 7. The van der Waals surface area contributed by atoms with Crippen molar-refractivity contribution in [2.45, 2.75) is 49.3 Å². The molecule has 1 aliphatic heterocycles. The van der Waals surface area contributed by atoms with Crippen molar-refractivity contribution in [1.29, 1.82) is 0 Å². The number of hydrogen-bond donors (Lipinski definition) is 6. The van der Waals surface area contributed by atoms with Crippen LogP contribution in [0.3, 0.4) is 0 Å². The number of fused-ring (bicyclic) bond motifs is 2. The number of anilines is 2. The molecular weight excluding hydrogens is 894 g/mol. The quantitative estimate of drug-likeness (QED) is 0.0399. The van der Waals surface area contributed by atoms with Crippen LogP contribution in [0.15, 0.2) is 104 Å². The Hall–Kier alpha value is -5.86. The van der Waals surface area contributed by atoms with Crippen molar-refractivity contribution in [2.24, 2.45) is 0 Å². The van der Waals surface area contributed by atoms with Crippen molar-refractivity contribution < 1.29 is 70.3 Å². The first-order valence-electron chi connectivity index (χ1n) is 19.2. The number of nitrogens with one attached hydrogen (secondary N) is 2. The molecular formula is C44H42ClN3O12S3. The van der Waals surface area contributed by atoms with Crippen LogP contribution < -0.4 is 33.8 Å². The molecule has 0 atom stereocenters. The lowest BCUT2D eigenvalue weighted by molar-refractivity contribution is -0.496. The van der Waals surface area contributed by atoms with Gasteiger partial charge in [0, 0.05) is 78.4 Å². The first-order valence-corrected chi connectivity index (χ1v) is 23.6. The highest BCUT2D eigenvalue weighted by molar-refractivity contribution is 7.87. The molecule has 6 aromatic rings. The van der Waals surface area contributed by atoms with Gasteiger partial charge >= 0.3 is 5.97 Å². The van der Waals surface area contributed by atoms with Crippen molar-refractivity contribution in [3.8, 4) is 22.5 Å². The summed E-state index contributed by atoms with van der Waals surface area (Å²) >= 11 is 0. The monoisotopic (exact) mass is 935 g/mol. The van der Waals surface area contributed by atoms with E-state index in [0.717, 1.165) is 80.8 Å². The third-order valence-electron chi connectivity index (χ3n) is 10.5. The lowest BCUT2D eigenvalue weighted by Crippen LogP contribution is -3.00. The molecule has 0 bridgehead atoms. The van der Waals surface area contributed by atoms with E-state index in [2.05, 4.69) is 62.3 Å². The summed E-state index contributed by atoms with van der Waals surface area (Å²) in [6.07, 6.45) is 0. The van der Waals surface area contributed by atoms with E-state index in [-0.39, 0.29) is 56.4 Å². The van der Waals surface area contributed by atoms with Gasteiger partial charge in [0.15, 0.2) is 0 Å². The molecule has 1 heterocycles. The zero-order chi connectivity index (χ0) is 45.1. The van der Waals surface area contributed by atoms with Gasteiger partial charge in [-0.3, -0.25) is 13.7 Å². The molecule has 0 aromatic heterocycles. The van der Waals surface area contributed by atoms with Crippen molar-refractivity contribution in [2.75, 3.05) is 30.7 Å². The Morgan fingerprint density at radius 2 is 1.25 bits per heavy atom. The summed E-state index contributed by atoms with van der Waals surface area (Å²) < 4.78 is 112. The molecule has 8 rings (SSSR count). The second-order valence-corrected chi connectivity index (χ2v) is 18.6. The van der Waals surface area contributed by atoms with E-state index < -0.39 is 45.0 Å². The molecule has 19 heteroatoms. The summed E-state index contributed by atoms with van der Waals surface area (Å²) in [6, 6.07) is 22.7. The Morgan fingerprint density at radius 1 is 0.698 bits per heavy atom. The number of carbonyl (C=O) groups excluding carboxylic acids is 1. The number of ether oxygens (including phenoxy) is 1. The molecule has 0 unspecified atom stereocenters. The van der Waals surface area contributed by atoms with Gasteiger partial charge in [-0.15, -0.1) is 0 Å². The van der Waals surface area contributed by atoms with Gasteiger partial charge in [0.25, 0.3) is 30.4 Å². The second kappa shape index (κ2) is 17.4. The van der Waals surface area contributed by atoms with Gasteiger partial charge in [0.2, 0.25) is 5.36 Å². The van der Waals surface area contributed by atoms with E-state index in [1.54, 1.807) is 0 Å². The molecule has 0 spiro atoms. The van der Waals surface area contributed by atoms with Gasteiger partial charge in [-0.05, 0) is 76.1 Å². The Bertz CT molecular complexity index is 3470. The number of halogens is 1. The van der Waals surface area contributed by atoms with Crippen LogP contribution in [0.1, 0.15) is 42.3 Å². The van der Waals surface area contributed by atoms with Crippen molar-refractivity contribution >= 4 is 91.0 Å². The molecule has 7 N–H and O–H groups in total. The number of nitrogen functional groups attached to an aromatic ring is 1. The molecule has 15 nitrogen and oxygen atoms in total. The molecule has 2 aliphatic rings. The van der Waals surface area contributed by atoms with E-state index in [4.69, 9.17) is 14.9 Å². The summed E-state index contributed by atoms with van der Waals surface area (Å²) in [5.74, 6) is 0.446. The standard InChI is InChI=1S/C28H30N2O3.C16H11NO9S3.ClH/c1-6-29-23-15-25-21(13-17(23)4)27(19-11-9-10-12-20(19)28(31)32-8-3)22-14-18(5)24(30-7-2)16-26(22)33-25;17-11-5-12(27(18,19)20)8-3-4-10-14(29(24,25)26)6-13(28(21,22)23)9-2-1-7(11)15(8)16(9)10;/h9-16,29H,6-8H2,1-5H3;1-6H,17H2,(H,18,19,20)(H,21,22,23)(H,24,25,26);1H. The van der Waals surface area contributed by atoms with Crippen LogP contribution in [-0.2, 0) is 35.1 Å². The van der Waals surface area contributed by atoms with Crippen molar-refractivity contribution in [3.63, 3.8) is 0 Å². The fourth-order valence-corrected chi connectivity index (χ4v) is 10.1. The smallest absolute Gasteiger partial charge is 0.338 e. The average molecular weight is 936 g/mol. The van der Waals surface area contributed by atoms with E-state index in [1.165, 1.54) is 18.2 Å². The minimum absolute atomic E-state index is 0. The second-order valence-electron chi connectivity index (χ2n) is 14.5. The number of carbonyl (C=O) groups is 1. The number of nitrogens with two attached hydrogens (primary N) is 1. The van der Waals surface area contributed by atoms with Crippen molar-refractivity contribution in [3.05, 3.63) is 107 Å². The largest absolute Gasteiger partial charge is 1.00 e. The average Bonchev–Trinajstić information content (AvgIpc) is 3.19. The van der Waals surface area contributed by atoms with Crippen LogP contribution in [0.4, 0.5) is 11.4 Å². The summed E-state index contributed by atoms with van der Waals surface area (Å²) in [4.78, 5) is 14.1. The van der Waals surface area contributed by atoms with Crippen LogP contribution in [0, 0.1) is 13.8 Å². The number of esters is 1. The van der Waals surface area contributed by atoms with Gasteiger partial charge in [-0.25, -0.2) is 9.79 Å². The minimum Gasteiger partial charge on any atom is -1.00 e. The number of aryl methyl sites for hydroxylation is 2. The highest BCUT2D eigenvalue weighted by atomic mass is 35.5.